The lowest BCUT2D eigenvalue weighted by Gasteiger charge is -2.11. The highest BCUT2D eigenvalue weighted by atomic mass is 35.5. The summed E-state index contributed by atoms with van der Waals surface area (Å²) in [5.74, 6) is -1.45. The fourth-order valence-electron chi connectivity index (χ4n) is 2.54. The summed E-state index contributed by atoms with van der Waals surface area (Å²) in [6.07, 6.45) is -4.63. The van der Waals surface area contributed by atoms with Gasteiger partial charge in [-0.2, -0.15) is 17.9 Å². The molecule has 0 bridgehead atoms. The highest BCUT2D eigenvalue weighted by Gasteiger charge is 2.31. The molecule has 1 aromatic heterocycles. The Morgan fingerprint density at radius 1 is 1.17 bits per heavy atom. The molecule has 0 unspecified atom stereocenters. The van der Waals surface area contributed by atoms with Gasteiger partial charge in [0.25, 0.3) is 5.91 Å². The SMILES string of the molecule is O=C(Nc1cc(C(F)(F)F)ccc1Cl)c1cc([N+](=O)[O-])nn1Cc1ccccc1. The van der Waals surface area contributed by atoms with Crippen molar-refractivity contribution in [2.24, 2.45) is 0 Å². The van der Waals surface area contributed by atoms with Crippen molar-refractivity contribution in [3.63, 3.8) is 0 Å². The molecular formula is C18H12ClF3N4O3. The molecule has 0 fully saturated rings. The van der Waals surface area contributed by atoms with Crippen LogP contribution in [-0.4, -0.2) is 20.6 Å². The van der Waals surface area contributed by atoms with Gasteiger partial charge in [-0.15, -0.1) is 0 Å². The number of halogens is 4. The van der Waals surface area contributed by atoms with Crippen molar-refractivity contribution in [2.75, 3.05) is 5.32 Å². The largest absolute Gasteiger partial charge is 0.416 e. The molecule has 1 amide bonds. The van der Waals surface area contributed by atoms with E-state index >= 15 is 0 Å². The van der Waals surface area contributed by atoms with Gasteiger partial charge in [0.05, 0.1) is 34.0 Å². The first-order chi connectivity index (χ1) is 13.6. The zero-order valence-corrected chi connectivity index (χ0v) is 15.2. The number of amides is 1. The van der Waals surface area contributed by atoms with E-state index in [4.69, 9.17) is 11.6 Å². The number of anilines is 1. The maximum absolute atomic E-state index is 12.9. The molecule has 29 heavy (non-hydrogen) atoms. The first-order valence-corrected chi connectivity index (χ1v) is 8.47. The highest BCUT2D eigenvalue weighted by molar-refractivity contribution is 6.33. The van der Waals surface area contributed by atoms with Crippen LogP contribution in [-0.2, 0) is 12.7 Å². The van der Waals surface area contributed by atoms with Gasteiger partial charge in [0, 0.05) is 0 Å². The molecule has 0 radical (unpaired) electrons. The minimum absolute atomic E-state index is 0.0494. The number of carbonyl (C=O) groups is 1. The third kappa shape index (κ3) is 4.72. The van der Waals surface area contributed by atoms with Gasteiger partial charge < -0.3 is 15.4 Å². The molecule has 3 aromatic rings. The van der Waals surface area contributed by atoms with Crippen LogP contribution in [0.4, 0.5) is 24.7 Å². The fraction of sp³-hybridized carbons (Fsp3) is 0.111. The zero-order valence-electron chi connectivity index (χ0n) is 14.5. The van der Waals surface area contributed by atoms with Crippen LogP contribution in [0.15, 0.2) is 54.6 Å². The van der Waals surface area contributed by atoms with Crippen LogP contribution >= 0.6 is 11.6 Å². The third-order valence-electron chi connectivity index (χ3n) is 3.90. The second-order valence-electron chi connectivity index (χ2n) is 5.93. The molecule has 3 rings (SSSR count). The fourth-order valence-corrected chi connectivity index (χ4v) is 2.70. The number of hydrogen-bond acceptors (Lipinski definition) is 4. The van der Waals surface area contributed by atoms with Crippen molar-refractivity contribution >= 4 is 29.0 Å². The zero-order chi connectivity index (χ0) is 21.2. The van der Waals surface area contributed by atoms with Crippen molar-refractivity contribution in [3.05, 3.63) is 86.6 Å². The van der Waals surface area contributed by atoms with E-state index in [0.717, 1.165) is 28.4 Å². The lowest BCUT2D eigenvalue weighted by molar-refractivity contribution is -0.389. The predicted octanol–water partition coefficient (Wildman–Crippen LogP) is 4.76. The average Bonchev–Trinajstić information content (AvgIpc) is 3.07. The standard InChI is InChI=1S/C18H12ClF3N4O3/c19-13-7-6-12(18(20,21)22)8-14(13)23-17(27)15-9-16(26(28)29)24-25(15)10-11-4-2-1-3-5-11/h1-9H,10H2,(H,23,27). The molecule has 0 saturated carbocycles. The minimum atomic E-state index is -4.63. The van der Waals surface area contributed by atoms with Crippen LogP contribution in [0.5, 0.6) is 0 Å². The summed E-state index contributed by atoms with van der Waals surface area (Å²) in [6.45, 7) is 0.0494. The van der Waals surface area contributed by atoms with Crippen LogP contribution in [0.25, 0.3) is 0 Å². The Bertz CT molecular complexity index is 1070. The second kappa shape index (κ2) is 7.92. The molecule has 0 aliphatic rings. The maximum atomic E-state index is 12.9. The molecule has 0 spiro atoms. The summed E-state index contributed by atoms with van der Waals surface area (Å²) in [7, 11) is 0. The van der Waals surface area contributed by atoms with Gasteiger partial charge >= 0.3 is 12.0 Å². The van der Waals surface area contributed by atoms with Crippen LogP contribution in [0, 0.1) is 10.1 Å². The van der Waals surface area contributed by atoms with E-state index in [1.54, 1.807) is 30.3 Å². The number of aromatic nitrogens is 2. The highest BCUT2D eigenvalue weighted by Crippen LogP contribution is 2.34. The number of benzene rings is 2. The Kier molecular flexibility index (Phi) is 5.55. The molecule has 1 N–H and O–H groups in total. The molecule has 0 aliphatic carbocycles. The molecule has 0 saturated heterocycles. The average molecular weight is 425 g/mol. The van der Waals surface area contributed by atoms with Crippen molar-refractivity contribution in [1.29, 1.82) is 0 Å². The Morgan fingerprint density at radius 2 is 1.86 bits per heavy atom. The molecule has 0 aliphatic heterocycles. The quantitative estimate of drug-likeness (QED) is 0.472. The number of rotatable bonds is 5. The van der Waals surface area contributed by atoms with Crippen LogP contribution in [0.2, 0.25) is 5.02 Å². The van der Waals surface area contributed by atoms with E-state index in [0.29, 0.717) is 6.07 Å². The van der Waals surface area contributed by atoms with Crippen molar-refractivity contribution in [1.82, 2.24) is 9.78 Å². The van der Waals surface area contributed by atoms with E-state index in [1.165, 1.54) is 0 Å². The van der Waals surface area contributed by atoms with Gasteiger partial charge in [-0.05, 0) is 28.7 Å². The number of nitrogens with zero attached hydrogens (tertiary/aromatic N) is 3. The van der Waals surface area contributed by atoms with Gasteiger partial charge in [0.1, 0.15) is 0 Å². The summed E-state index contributed by atoms with van der Waals surface area (Å²) >= 11 is 5.89. The second-order valence-corrected chi connectivity index (χ2v) is 6.34. The number of hydrogen-bond donors (Lipinski definition) is 1. The topological polar surface area (TPSA) is 90.1 Å². The molecule has 2 aromatic carbocycles. The van der Waals surface area contributed by atoms with Crippen molar-refractivity contribution in [2.45, 2.75) is 12.7 Å². The van der Waals surface area contributed by atoms with Gasteiger partial charge in [-0.25, -0.2) is 0 Å². The van der Waals surface area contributed by atoms with Gasteiger partial charge in [0.2, 0.25) is 0 Å². The van der Waals surface area contributed by atoms with Gasteiger partial charge in [-0.3, -0.25) is 4.79 Å². The van der Waals surface area contributed by atoms with E-state index in [-0.39, 0.29) is 22.9 Å². The number of alkyl halides is 3. The van der Waals surface area contributed by atoms with Crippen molar-refractivity contribution < 1.29 is 22.9 Å². The summed E-state index contributed by atoms with van der Waals surface area (Å²) < 4.78 is 39.8. The van der Waals surface area contributed by atoms with Gasteiger partial charge in [0.15, 0.2) is 5.69 Å². The maximum Gasteiger partial charge on any atom is 0.416 e. The molecule has 11 heteroatoms. The Morgan fingerprint density at radius 3 is 2.48 bits per heavy atom. The van der Waals surface area contributed by atoms with Crippen LogP contribution in [0.1, 0.15) is 21.6 Å². The third-order valence-corrected chi connectivity index (χ3v) is 4.23. The molecule has 1 heterocycles. The summed E-state index contributed by atoms with van der Waals surface area (Å²) in [5.41, 5.74) is -0.756. The first-order valence-electron chi connectivity index (χ1n) is 8.09. The molecular weight excluding hydrogens is 413 g/mol. The minimum Gasteiger partial charge on any atom is -0.358 e. The van der Waals surface area contributed by atoms with Crippen LogP contribution in [0.3, 0.4) is 0 Å². The van der Waals surface area contributed by atoms with E-state index in [2.05, 4.69) is 10.4 Å². The lowest BCUT2D eigenvalue weighted by atomic mass is 10.2. The number of nitrogens with one attached hydrogen (secondary N) is 1. The van der Waals surface area contributed by atoms with Crippen molar-refractivity contribution in [3.8, 4) is 0 Å². The van der Waals surface area contributed by atoms with Gasteiger partial charge in [-0.1, -0.05) is 41.9 Å². The molecule has 150 valence electrons. The smallest absolute Gasteiger partial charge is 0.358 e. The first kappa shape index (κ1) is 20.3. The summed E-state index contributed by atoms with van der Waals surface area (Å²) in [6, 6.07) is 12.2. The monoisotopic (exact) mass is 424 g/mol. The predicted molar refractivity (Wildman–Crippen MR) is 98.8 cm³/mol. The summed E-state index contributed by atoms with van der Waals surface area (Å²) in [5, 5.41) is 17.0. The van der Waals surface area contributed by atoms with E-state index in [9.17, 15) is 28.1 Å². The Balaban J connectivity index is 1.94. The van der Waals surface area contributed by atoms with E-state index < -0.39 is 28.4 Å². The van der Waals surface area contributed by atoms with Crippen LogP contribution < -0.4 is 5.32 Å². The normalized spacial score (nSPS) is 11.3. The van der Waals surface area contributed by atoms with E-state index in [1.807, 2.05) is 0 Å². The Hall–Kier alpha value is -3.40. The Labute approximate surface area is 166 Å². The summed E-state index contributed by atoms with van der Waals surface area (Å²) in [4.78, 5) is 22.9. The number of nitro groups is 1. The number of carbonyl (C=O) groups excluding carboxylic acids is 1. The molecule has 7 nitrogen and oxygen atoms in total. The lowest BCUT2D eigenvalue weighted by Crippen LogP contribution is -2.19. The molecule has 0 atom stereocenters.